The Morgan fingerprint density at radius 1 is 0.305 bits per heavy atom. The third kappa shape index (κ3) is 6.24. The van der Waals surface area contributed by atoms with Crippen molar-refractivity contribution in [1.82, 2.24) is 0 Å². The van der Waals surface area contributed by atoms with Crippen LogP contribution < -0.4 is 4.90 Å². The van der Waals surface area contributed by atoms with Crippen molar-refractivity contribution in [3.63, 3.8) is 0 Å². The third-order valence-electron chi connectivity index (χ3n) is 12.4. The summed E-state index contributed by atoms with van der Waals surface area (Å²) in [5.74, 6) is 0. The Morgan fingerprint density at radius 2 is 0.627 bits per heavy atom. The Balaban J connectivity index is 1.25. The van der Waals surface area contributed by atoms with Gasteiger partial charge in [0.15, 0.2) is 0 Å². The van der Waals surface area contributed by atoms with E-state index in [1.807, 2.05) is 0 Å². The van der Waals surface area contributed by atoms with E-state index in [1.165, 1.54) is 94.0 Å². The summed E-state index contributed by atoms with van der Waals surface area (Å²) in [5, 5.41) is 4.89. The second kappa shape index (κ2) is 14.0. The summed E-state index contributed by atoms with van der Waals surface area (Å²) in [5.41, 5.74) is 18.7. The van der Waals surface area contributed by atoms with Crippen molar-refractivity contribution in [3.05, 3.63) is 199 Å². The molecule has 0 aromatic heterocycles. The molecule has 0 saturated heterocycles. The van der Waals surface area contributed by atoms with Crippen LogP contribution >= 0.6 is 0 Å². The van der Waals surface area contributed by atoms with Gasteiger partial charge in [0.05, 0.1) is 5.69 Å². The molecule has 1 aliphatic rings. The molecule has 0 spiro atoms. The zero-order valence-corrected chi connectivity index (χ0v) is 34.8. The summed E-state index contributed by atoms with van der Waals surface area (Å²) in [7, 11) is 0. The van der Waals surface area contributed by atoms with Crippen LogP contribution in [0.15, 0.2) is 188 Å². The Kier molecular flexibility index (Phi) is 8.69. The standard InChI is InChI=1S/C58H49N/c1-57(2,3)39-28-32-41(33-29-39)59(42-34-30-40(31-35-42)58(4,5)6)56-52-25-15-13-23-50(52)55(51-24-14-16-26-53(51)56)38-27-36-49-47-21-10-9-19-45(47)43-17-7-8-18-44(43)46-20-11-12-22-48(46)54(49)37-38/h7-37H,1-6H3. The maximum Gasteiger partial charge on any atom is 0.0618 e. The molecule has 0 saturated carbocycles. The number of benzene rings is 9. The molecule has 59 heavy (non-hydrogen) atoms. The molecule has 0 unspecified atom stereocenters. The molecule has 0 bridgehead atoms. The van der Waals surface area contributed by atoms with Crippen molar-refractivity contribution in [3.8, 4) is 55.6 Å². The topological polar surface area (TPSA) is 3.24 Å². The zero-order chi connectivity index (χ0) is 40.5. The Bertz CT molecular complexity index is 2920. The maximum absolute atomic E-state index is 2.48. The van der Waals surface area contributed by atoms with Crippen molar-refractivity contribution < 1.29 is 0 Å². The molecule has 0 atom stereocenters. The lowest BCUT2D eigenvalue weighted by molar-refractivity contribution is 0.590. The highest BCUT2D eigenvalue weighted by Gasteiger charge is 2.26. The minimum atomic E-state index is 0.0533. The van der Waals surface area contributed by atoms with Crippen molar-refractivity contribution in [2.24, 2.45) is 0 Å². The second-order valence-electron chi connectivity index (χ2n) is 18.1. The molecule has 1 aliphatic carbocycles. The van der Waals surface area contributed by atoms with E-state index >= 15 is 0 Å². The molecule has 0 aliphatic heterocycles. The van der Waals surface area contributed by atoms with Gasteiger partial charge in [0.25, 0.3) is 0 Å². The number of hydrogen-bond acceptors (Lipinski definition) is 1. The summed E-state index contributed by atoms with van der Waals surface area (Å²) in [6.07, 6.45) is 0. The number of fused-ring (bicyclic) bond motifs is 10. The van der Waals surface area contributed by atoms with E-state index in [1.54, 1.807) is 0 Å². The van der Waals surface area contributed by atoms with Crippen LogP contribution in [0.25, 0.3) is 77.2 Å². The first-order valence-electron chi connectivity index (χ1n) is 20.9. The summed E-state index contributed by atoms with van der Waals surface area (Å²) < 4.78 is 0. The molecule has 9 aromatic carbocycles. The molecule has 286 valence electrons. The lowest BCUT2D eigenvalue weighted by Gasteiger charge is -2.31. The summed E-state index contributed by atoms with van der Waals surface area (Å²) in [6.45, 7) is 13.7. The number of nitrogens with zero attached hydrogens (tertiary/aromatic N) is 1. The molecule has 10 rings (SSSR count). The SMILES string of the molecule is CC(C)(C)c1ccc(N(c2ccc(C(C)(C)C)cc2)c2c3ccccc3c(-c3ccc4c(c3)-c3ccccc3-c3ccccc3-c3ccccc3-4)c3ccccc23)cc1. The normalized spacial score (nSPS) is 12.2. The largest absolute Gasteiger partial charge is 0.309 e. The molecule has 0 N–H and O–H groups in total. The van der Waals surface area contributed by atoms with E-state index in [-0.39, 0.29) is 10.8 Å². The number of anilines is 3. The van der Waals surface area contributed by atoms with E-state index in [2.05, 4.69) is 234 Å². The van der Waals surface area contributed by atoms with Gasteiger partial charge < -0.3 is 4.90 Å². The van der Waals surface area contributed by atoms with Gasteiger partial charge in [-0.3, -0.25) is 0 Å². The van der Waals surface area contributed by atoms with E-state index in [0.717, 1.165) is 11.4 Å². The molecule has 0 fully saturated rings. The van der Waals surface area contributed by atoms with Gasteiger partial charge in [-0.1, -0.05) is 199 Å². The highest BCUT2D eigenvalue weighted by Crippen LogP contribution is 2.52. The average Bonchev–Trinajstić information content (AvgIpc) is 3.25. The van der Waals surface area contributed by atoms with Crippen LogP contribution in [0.2, 0.25) is 0 Å². The molecule has 1 heteroatoms. The average molecular weight is 760 g/mol. The molecule has 0 amide bonds. The van der Waals surface area contributed by atoms with Crippen LogP contribution in [-0.2, 0) is 10.8 Å². The Morgan fingerprint density at radius 3 is 1.00 bits per heavy atom. The van der Waals surface area contributed by atoms with E-state index in [4.69, 9.17) is 0 Å². The first kappa shape index (κ1) is 36.6. The highest BCUT2D eigenvalue weighted by atomic mass is 15.1. The molecular formula is C58H49N. The molecule has 9 aromatic rings. The van der Waals surface area contributed by atoms with Gasteiger partial charge in [0.2, 0.25) is 0 Å². The van der Waals surface area contributed by atoms with Gasteiger partial charge in [-0.25, -0.2) is 0 Å². The van der Waals surface area contributed by atoms with Gasteiger partial charge in [0.1, 0.15) is 0 Å². The Labute approximate surface area is 349 Å². The van der Waals surface area contributed by atoms with Crippen LogP contribution in [0, 0.1) is 0 Å². The monoisotopic (exact) mass is 759 g/mol. The fraction of sp³-hybridized carbons (Fsp3) is 0.138. The van der Waals surface area contributed by atoms with Gasteiger partial charge in [-0.2, -0.15) is 0 Å². The summed E-state index contributed by atoms with van der Waals surface area (Å²) in [4.78, 5) is 2.48. The second-order valence-corrected chi connectivity index (χ2v) is 18.1. The predicted octanol–water partition coefficient (Wildman–Crippen LogP) is 16.7. The van der Waals surface area contributed by atoms with Crippen LogP contribution in [-0.4, -0.2) is 0 Å². The van der Waals surface area contributed by atoms with E-state index in [0.29, 0.717) is 0 Å². The third-order valence-corrected chi connectivity index (χ3v) is 12.4. The van der Waals surface area contributed by atoms with Gasteiger partial charge in [-0.05, 0) is 119 Å². The van der Waals surface area contributed by atoms with E-state index < -0.39 is 0 Å². The van der Waals surface area contributed by atoms with Crippen LogP contribution in [0.4, 0.5) is 17.1 Å². The van der Waals surface area contributed by atoms with Gasteiger partial charge in [0, 0.05) is 22.1 Å². The highest BCUT2D eigenvalue weighted by molar-refractivity contribution is 6.22. The Hall–Kier alpha value is -6.70. The zero-order valence-electron chi connectivity index (χ0n) is 34.8. The fourth-order valence-corrected chi connectivity index (χ4v) is 9.30. The van der Waals surface area contributed by atoms with Crippen LogP contribution in [0.3, 0.4) is 0 Å². The van der Waals surface area contributed by atoms with Crippen molar-refractivity contribution >= 4 is 38.6 Å². The quantitative estimate of drug-likeness (QED) is 0.162. The van der Waals surface area contributed by atoms with Crippen molar-refractivity contribution in [2.75, 3.05) is 4.90 Å². The number of hydrogen-bond donors (Lipinski definition) is 0. The van der Waals surface area contributed by atoms with Crippen molar-refractivity contribution in [1.29, 1.82) is 0 Å². The maximum atomic E-state index is 2.48. The molecule has 0 radical (unpaired) electrons. The van der Waals surface area contributed by atoms with Gasteiger partial charge >= 0.3 is 0 Å². The van der Waals surface area contributed by atoms with Crippen LogP contribution in [0.5, 0.6) is 0 Å². The molecule has 1 nitrogen and oxygen atoms in total. The lowest BCUT2D eigenvalue weighted by Crippen LogP contribution is -2.15. The van der Waals surface area contributed by atoms with Gasteiger partial charge in [-0.15, -0.1) is 0 Å². The summed E-state index contributed by atoms with van der Waals surface area (Å²) >= 11 is 0. The summed E-state index contributed by atoms with van der Waals surface area (Å²) in [6, 6.07) is 70.4. The smallest absolute Gasteiger partial charge is 0.0618 e. The number of rotatable bonds is 4. The van der Waals surface area contributed by atoms with Crippen molar-refractivity contribution in [2.45, 2.75) is 52.4 Å². The molecule has 0 heterocycles. The molecular weight excluding hydrogens is 711 g/mol. The fourth-order valence-electron chi connectivity index (χ4n) is 9.30. The van der Waals surface area contributed by atoms with E-state index in [9.17, 15) is 0 Å². The minimum absolute atomic E-state index is 0.0533. The first-order valence-corrected chi connectivity index (χ1v) is 20.9. The van der Waals surface area contributed by atoms with Crippen LogP contribution in [0.1, 0.15) is 52.7 Å². The predicted molar refractivity (Wildman–Crippen MR) is 254 cm³/mol. The first-order chi connectivity index (χ1) is 28.6. The lowest BCUT2D eigenvalue weighted by atomic mass is 9.79. The minimum Gasteiger partial charge on any atom is -0.309 e.